The third-order valence-electron chi connectivity index (χ3n) is 2.79. The van der Waals surface area contributed by atoms with E-state index in [1.54, 1.807) is 0 Å². The van der Waals surface area contributed by atoms with Gasteiger partial charge in [-0.1, -0.05) is 27.2 Å². The van der Waals surface area contributed by atoms with E-state index in [9.17, 15) is 0 Å². The Morgan fingerprint density at radius 1 is 1.29 bits per heavy atom. The molecule has 0 aliphatic carbocycles. The van der Waals surface area contributed by atoms with Gasteiger partial charge >= 0.3 is 0 Å². The number of nitrogens with zero attached hydrogens (tertiary/aromatic N) is 3. The third kappa shape index (κ3) is 4.30. The minimum Gasteiger partial charge on any atom is -0.343 e. The van der Waals surface area contributed by atoms with Crippen LogP contribution in [0.25, 0.3) is 0 Å². The zero-order valence-electron chi connectivity index (χ0n) is 11.4. The number of rotatable bonds is 6. The van der Waals surface area contributed by atoms with E-state index >= 15 is 0 Å². The average molecular weight is 236 g/mol. The third-order valence-corrected chi connectivity index (χ3v) is 2.79. The molecule has 0 saturated carbocycles. The van der Waals surface area contributed by atoms with E-state index < -0.39 is 0 Å². The molecule has 4 nitrogen and oxygen atoms in total. The van der Waals surface area contributed by atoms with Gasteiger partial charge in [-0.15, -0.1) is 0 Å². The summed E-state index contributed by atoms with van der Waals surface area (Å²) in [6, 6.07) is 0. The number of hydrogen-bond acceptors (Lipinski definition) is 4. The lowest BCUT2D eigenvalue weighted by Crippen LogP contribution is -2.37. The predicted octanol–water partition coefficient (Wildman–Crippen LogP) is 1.85. The zero-order chi connectivity index (χ0) is 12.9. The molecule has 0 amide bonds. The van der Waals surface area contributed by atoms with E-state index in [4.69, 9.17) is 5.73 Å². The maximum absolute atomic E-state index is 5.73. The molecule has 0 spiro atoms. The molecule has 96 valence electrons. The first-order valence-electron chi connectivity index (χ1n) is 6.20. The molecule has 17 heavy (non-hydrogen) atoms. The van der Waals surface area contributed by atoms with Gasteiger partial charge in [-0.2, -0.15) is 0 Å². The van der Waals surface area contributed by atoms with Gasteiger partial charge in [0.05, 0.1) is 0 Å². The van der Waals surface area contributed by atoms with Crippen LogP contribution in [0.5, 0.6) is 0 Å². The van der Waals surface area contributed by atoms with E-state index in [0.717, 1.165) is 25.3 Å². The van der Waals surface area contributed by atoms with Crippen molar-refractivity contribution in [1.29, 1.82) is 0 Å². The van der Waals surface area contributed by atoms with E-state index in [-0.39, 0.29) is 5.41 Å². The van der Waals surface area contributed by atoms with E-state index in [2.05, 4.69) is 35.6 Å². The molecule has 1 aromatic rings. The number of anilines is 1. The number of aromatic nitrogens is 2. The van der Waals surface area contributed by atoms with Gasteiger partial charge in [0.1, 0.15) is 0 Å². The molecule has 0 aliphatic rings. The summed E-state index contributed by atoms with van der Waals surface area (Å²) in [6.07, 6.45) is 5.99. The summed E-state index contributed by atoms with van der Waals surface area (Å²) in [5.74, 6) is 0.770. The monoisotopic (exact) mass is 236 g/mol. The summed E-state index contributed by atoms with van der Waals surface area (Å²) in [5.41, 5.74) is 7.01. The van der Waals surface area contributed by atoms with Crippen LogP contribution in [0.2, 0.25) is 0 Å². The number of aryl methyl sites for hydroxylation is 1. The molecule has 0 unspecified atom stereocenters. The number of hydrogen-bond donors (Lipinski definition) is 1. The van der Waals surface area contributed by atoms with Gasteiger partial charge in [0.2, 0.25) is 5.95 Å². The lowest BCUT2D eigenvalue weighted by atomic mass is 9.93. The standard InChI is InChI=1S/C13H24N4/c1-5-6-11-7-15-12(16-8-11)17(4)10-13(2,3)9-14/h7-8H,5-6,9-10,14H2,1-4H3. The summed E-state index contributed by atoms with van der Waals surface area (Å²) < 4.78 is 0. The van der Waals surface area contributed by atoms with E-state index in [1.165, 1.54) is 5.56 Å². The fourth-order valence-electron chi connectivity index (χ4n) is 1.74. The van der Waals surface area contributed by atoms with Crippen LogP contribution in [0.15, 0.2) is 12.4 Å². The average Bonchev–Trinajstić information content (AvgIpc) is 2.30. The SMILES string of the molecule is CCCc1cnc(N(C)CC(C)(C)CN)nc1. The van der Waals surface area contributed by atoms with Crippen molar-refractivity contribution in [3.63, 3.8) is 0 Å². The molecule has 0 bridgehead atoms. The minimum atomic E-state index is 0.0835. The second-order valence-electron chi connectivity index (χ2n) is 5.37. The molecule has 2 N–H and O–H groups in total. The fraction of sp³-hybridized carbons (Fsp3) is 0.692. The Labute approximate surface area is 104 Å². The van der Waals surface area contributed by atoms with Gasteiger partial charge in [-0.25, -0.2) is 9.97 Å². The summed E-state index contributed by atoms with van der Waals surface area (Å²) in [7, 11) is 2.01. The molecule has 0 aliphatic heterocycles. The highest BCUT2D eigenvalue weighted by Crippen LogP contribution is 2.17. The Bertz CT molecular complexity index is 332. The quantitative estimate of drug-likeness (QED) is 0.819. The molecule has 1 heterocycles. The molecule has 1 aromatic heterocycles. The van der Waals surface area contributed by atoms with Crippen LogP contribution in [0.4, 0.5) is 5.95 Å². The highest BCUT2D eigenvalue weighted by Gasteiger charge is 2.19. The first kappa shape index (κ1) is 13.9. The summed E-state index contributed by atoms with van der Waals surface area (Å²) in [4.78, 5) is 10.8. The Morgan fingerprint density at radius 3 is 2.35 bits per heavy atom. The van der Waals surface area contributed by atoms with E-state index in [1.807, 2.05) is 19.4 Å². The van der Waals surface area contributed by atoms with Gasteiger partial charge in [-0.05, 0) is 23.9 Å². The van der Waals surface area contributed by atoms with Crippen molar-refractivity contribution in [3.05, 3.63) is 18.0 Å². The van der Waals surface area contributed by atoms with Gasteiger partial charge in [0.15, 0.2) is 0 Å². The lowest BCUT2D eigenvalue weighted by molar-refractivity contribution is 0.383. The molecular weight excluding hydrogens is 212 g/mol. The van der Waals surface area contributed by atoms with Crippen molar-refractivity contribution in [1.82, 2.24) is 9.97 Å². The van der Waals surface area contributed by atoms with Crippen LogP contribution in [0, 0.1) is 5.41 Å². The number of nitrogens with two attached hydrogens (primary N) is 1. The van der Waals surface area contributed by atoms with Crippen LogP contribution >= 0.6 is 0 Å². The smallest absolute Gasteiger partial charge is 0.225 e. The van der Waals surface area contributed by atoms with Crippen molar-refractivity contribution in [2.75, 3.05) is 25.0 Å². The molecule has 0 aromatic carbocycles. The minimum absolute atomic E-state index is 0.0835. The molecular formula is C13H24N4. The van der Waals surface area contributed by atoms with Crippen molar-refractivity contribution in [2.45, 2.75) is 33.6 Å². The van der Waals surface area contributed by atoms with Gasteiger partial charge in [0.25, 0.3) is 0 Å². The summed E-state index contributed by atoms with van der Waals surface area (Å²) in [6.45, 7) is 7.97. The Kier molecular flexibility index (Phi) is 4.87. The summed E-state index contributed by atoms with van der Waals surface area (Å²) >= 11 is 0. The predicted molar refractivity (Wildman–Crippen MR) is 72.1 cm³/mol. The van der Waals surface area contributed by atoms with Crippen molar-refractivity contribution in [2.24, 2.45) is 11.1 Å². The van der Waals surface area contributed by atoms with Crippen LogP contribution in [0.1, 0.15) is 32.8 Å². The zero-order valence-corrected chi connectivity index (χ0v) is 11.4. The maximum Gasteiger partial charge on any atom is 0.225 e. The van der Waals surface area contributed by atoms with E-state index in [0.29, 0.717) is 6.54 Å². The lowest BCUT2D eigenvalue weighted by Gasteiger charge is -2.28. The second-order valence-corrected chi connectivity index (χ2v) is 5.37. The first-order valence-corrected chi connectivity index (χ1v) is 6.20. The van der Waals surface area contributed by atoms with Crippen LogP contribution in [-0.2, 0) is 6.42 Å². The molecule has 1 rings (SSSR count). The Morgan fingerprint density at radius 2 is 1.88 bits per heavy atom. The van der Waals surface area contributed by atoms with Crippen molar-refractivity contribution >= 4 is 5.95 Å². The molecule has 0 fully saturated rings. The Balaban J connectivity index is 2.66. The molecule has 0 atom stereocenters. The summed E-state index contributed by atoms with van der Waals surface area (Å²) in [5, 5.41) is 0. The largest absolute Gasteiger partial charge is 0.343 e. The van der Waals surface area contributed by atoms with Gasteiger partial charge in [0, 0.05) is 26.0 Å². The Hall–Kier alpha value is -1.16. The highest BCUT2D eigenvalue weighted by molar-refractivity contribution is 5.28. The normalized spacial score (nSPS) is 11.6. The topological polar surface area (TPSA) is 55.0 Å². The van der Waals surface area contributed by atoms with Gasteiger partial charge in [-0.3, -0.25) is 0 Å². The highest BCUT2D eigenvalue weighted by atomic mass is 15.2. The molecule has 0 radical (unpaired) electrons. The van der Waals surface area contributed by atoms with Crippen LogP contribution in [0.3, 0.4) is 0 Å². The van der Waals surface area contributed by atoms with Crippen molar-refractivity contribution < 1.29 is 0 Å². The van der Waals surface area contributed by atoms with Gasteiger partial charge < -0.3 is 10.6 Å². The van der Waals surface area contributed by atoms with Crippen molar-refractivity contribution in [3.8, 4) is 0 Å². The maximum atomic E-state index is 5.73. The fourth-order valence-corrected chi connectivity index (χ4v) is 1.74. The van der Waals surface area contributed by atoms with Crippen LogP contribution in [-0.4, -0.2) is 30.1 Å². The second kappa shape index (κ2) is 5.96. The molecule has 4 heteroatoms. The molecule has 0 saturated heterocycles. The van der Waals surface area contributed by atoms with Crippen LogP contribution < -0.4 is 10.6 Å². The first-order chi connectivity index (χ1) is 7.98.